The van der Waals surface area contributed by atoms with Gasteiger partial charge in [0.25, 0.3) is 0 Å². The van der Waals surface area contributed by atoms with Crippen molar-refractivity contribution in [3.05, 3.63) is 59.5 Å². The molecule has 3 heteroatoms. The number of rotatable bonds is 3. The van der Waals surface area contributed by atoms with Crippen LogP contribution < -0.4 is 0 Å². The second-order valence-corrected chi connectivity index (χ2v) is 5.87. The second kappa shape index (κ2) is 5.73. The molecule has 0 aliphatic heterocycles. The first-order valence-corrected chi connectivity index (χ1v) is 7.77. The molecule has 3 aromatic rings. The molecule has 20 heavy (non-hydrogen) atoms. The standard InChI is InChI=1S/C17H14OS2/c1-2-18-17(19)16-11-10-15(20-16)14-9-5-7-12-6-3-4-8-13(12)14/h3-11H,2H2,1H3. The van der Waals surface area contributed by atoms with Crippen molar-refractivity contribution >= 4 is 39.4 Å². The number of ether oxygens (including phenoxy) is 1. The van der Waals surface area contributed by atoms with Crippen LogP contribution in [-0.2, 0) is 4.74 Å². The van der Waals surface area contributed by atoms with E-state index >= 15 is 0 Å². The molecule has 0 spiro atoms. The van der Waals surface area contributed by atoms with Gasteiger partial charge in [0.2, 0.25) is 5.05 Å². The lowest BCUT2D eigenvalue weighted by atomic mass is 10.0. The summed E-state index contributed by atoms with van der Waals surface area (Å²) in [6.07, 6.45) is 0. The Morgan fingerprint density at radius 3 is 2.70 bits per heavy atom. The Kier molecular flexibility index (Phi) is 3.81. The molecule has 0 amide bonds. The maximum Gasteiger partial charge on any atom is 0.201 e. The molecule has 1 aromatic heterocycles. The highest BCUT2D eigenvalue weighted by molar-refractivity contribution is 7.80. The summed E-state index contributed by atoms with van der Waals surface area (Å²) in [6.45, 7) is 2.56. The fourth-order valence-electron chi connectivity index (χ4n) is 2.23. The van der Waals surface area contributed by atoms with Crippen LogP contribution in [0.3, 0.4) is 0 Å². The van der Waals surface area contributed by atoms with Gasteiger partial charge in [0.1, 0.15) is 0 Å². The molecule has 2 aromatic carbocycles. The highest BCUT2D eigenvalue weighted by atomic mass is 32.1. The Bertz CT molecular complexity index is 753. The number of fused-ring (bicyclic) bond motifs is 1. The molecule has 0 aliphatic rings. The van der Waals surface area contributed by atoms with Gasteiger partial charge in [-0.05, 0) is 47.6 Å². The van der Waals surface area contributed by atoms with E-state index in [0.717, 1.165) is 4.88 Å². The van der Waals surface area contributed by atoms with Gasteiger partial charge in [-0.3, -0.25) is 0 Å². The van der Waals surface area contributed by atoms with Gasteiger partial charge in [0.15, 0.2) is 0 Å². The van der Waals surface area contributed by atoms with Crippen molar-refractivity contribution in [1.29, 1.82) is 0 Å². The van der Waals surface area contributed by atoms with Gasteiger partial charge in [0, 0.05) is 4.88 Å². The topological polar surface area (TPSA) is 9.23 Å². The SMILES string of the molecule is CCOC(=S)c1ccc(-c2cccc3ccccc23)s1. The molecule has 3 rings (SSSR count). The van der Waals surface area contributed by atoms with Crippen molar-refractivity contribution in [1.82, 2.24) is 0 Å². The zero-order valence-corrected chi connectivity index (χ0v) is 12.8. The maximum absolute atomic E-state index is 5.41. The fourth-order valence-corrected chi connectivity index (χ4v) is 3.49. The molecular weight excluding hydrogens is 284 g/mol. The van der Waals surface area contributed by atoms with Crippen LogP contribution >= 0.6 is 23.6 Å². The number of thiocarbonyl (C=S) groups is 1. The number of hydrogen-bond acceptors (Lipinski definition) is 3. The number of thiophene rings is 1. The lowest BCUT2D eigenvalue weighted by Gasteiger charge is -2.04. The molecule has 0 N–H and O–H groups in total. The van der Waals surface area contributed by atoms with E-state index in [0.29, 0.717) is 11.7 Å². The summed E-state index contributed by atoms with van der Waals surface area (Å²) in [5, 5.41) is 3.11. The van der Waals surface area contributed by atoms with E-state index in [1.165, 1.54) is 21.2 Å². The van der Waals surface area contributed by atoms with Crippen LogP contribution in [0.5, 0.6) is 0 Å². The third kappa shape index (κ3) is 2.47. The number of hydrogen-bond donors (Lipinski definition) is 0. The quantitative estimate of drug-likeness (QED) is 0.608. The molecular formula is C17H14OS2. The van der Waals surface area contributed by atoms with Gasteiger partial charge >= 0.3 is 0 Å². The van der Waals surface area contributed by atoms with Crippen molar-refractivity contribution in [3.8, 4) is 10.4 Å². The Morgan fingerprint density at radius 2 is 1.85 bits per heavy atom. The van der Waals surface area contributed by atoms with E-state index in [1.54, 1.807) is 11.3 Å². The van der Waals surface area contributed by atoms with Crippen molar-refractivity contribution in [3.63, 3.8) is 0 Å². The molecule has 1 nitrogen and oxygen atoms in total. The Balaban J connectivity index is 2.06. The Labute approximate surface area is 127 Å². The fraction of sp³-hybridized carbons (Fsp3) is 0.118. The van der Waals surface area contributed by atoms with E-state index in [2.05, 4.69) is 48.5 Å². The molecule has 1 heterocycles. The van der Waals surface area contributed by atoms with Gasteiger partial charge in [0.05, 0.1) is 11.5 Å². The highest BCUT2D eigenvalue weighted by Crippen LogP contribution is 2.33. The molecule has 0 saturated heterocycles. The highest BCUT2D eigenvalue weighted by Gasteiger charge is 2.09. The van der Waals surface area contributed by atoms with Crippen molar-refractivity contribution in [2.24, 2.45) is 0 Å². The minimum absolute atomic E-state index is 0.587. The molecule has 0 aliphatic carbocycles. The Morgan fingerprint density at radius 1 is 1.05 bits per heavy atom. The minimum atomic E-state index is 0.587. The van der Waals surface area contributed by atoms with Crippen LogP contribution in [-0.4, -0.2) is 11.7 Å². The molecule has 0 fully saturated rings. The molecule has 0 unspecified atom stereocenters. The first-order valence-electron chi connectivity index (χ1n) is 6.54. The zero-order chi connectivity index (χ0) is 13.9. The van der Waals surface area contributed by atoms with Gasteiger partial charge in [-0.1, -0.05) is 42.5 Å². The summed E-state index contributed by atoms with van der Waals surface area (Å²) in [7, 11) is 0. The maximum atomic E-state index is 5.41. The van der Waals surface area contributed by atoms with Crippen LogP contribution in [0.15, 0.2) is 54.6 Å². The molecule has 0 saturated carbocycles. The monoisotopic (exact) mass is 298 g/mol. The summed E-state index contributed by atoms with van der Waals surface area (Å²) >= 11 is 6.95. The van der Waals surface area contributed by atoms with E-state index < -0.39 is 0 Å². The van der Waals surface area contributed by atoms with Crippen molar-refractivity contribution in [2.45, 2.75) is 6.92 Å². The predicted octanol–water partition coefficient (Wildman–Crippen LogP) is 5.28. The number of benzene rings is 2. The average Bonchev–Trinajstić information content (AvgIpc) is 2.97. The van der Waals surface area contributed by atoms with E-state index in [4.69, 9.17) is 17.0 Å². The smallest absolute Gasteiger partial charge is 0.201 e. The molecule has 0 bridgehead atoms. The van der Waals surface area contributed by atoms with Crippen LogP contribution in [0.2, 0.25) is 0 Å². The molecule has 0 atom stereocenters. The van der Waals surface area contributed by atoms with Crippen LogP contribution in [0.25, 0.3) is 21.2 Å². The largest absolute Gasteiger partial charge is 0.483 e. The minimum Gasteiger partial charge on any atom is -0.483 e. The van der Waals surface area contributed by atoms with Gasteiger partial charge in [-0.15, -0.1) is 11.3 Å². The second-order valence-electron chi connectivity index (χ2n) is 4.41. The van der Waals surface area contributed by atoms with Crippen molar-refractivity contribution < 1.29 is 4.74 Å². The average molecular weight is 298 g/mol. The van der Waals surface area contributed by atoms with Crippen molar-refractivity contribution in [2.75, 3.05) is 6.61 Å². The summed E-state index contributed by atoms with van der Waals surface area (Å²) in [6, 6.07) is 19.0. The van der Waals surface area contributed by atoms with Crippen LogP contribution in [0.1, 0.15) is 11.8 Å². The van der Waals surface area contributed by atoms with Gasteiger partial charge in [-0.2, -0.15) is 0 Å². The third-order valence-electron chi connectivity index (χ3n) is 3.14. The van der Waals surface area contributed by atoms with Gasteiger partial charge in [-0.25, -0.2) is 0 Å². The molecule has 100 valence electrons. The summed E-state index contributed by atoms with van der Waals surface area (Å²) in [5.41, 5.74) is 1.25. The Hall–Kier alpha value is -1.71. The lowest BCUT2D eigenvalue weighted by molar-refractivity contribution is 0.338. The van der Waals surface area contributed by atoms with Crippen LogP contribution in [0.4, 0.5) is 0 Å². The summed E-state index contributed by atoms with van der Waals surface area (Å²) in [5.74, 6) is 0. The lowest BCUT2D eigenvalue weighted by Crippen LogP contribution is -1.99. The zero-order valence-electron chi connectivity index (χ0n) is 11.1. The summed E-state index contributed by atoms with van der Waals surface area (Å²) < 4.78 is 5.41. The predicted molar refractivity (Wildman–Crippen MR) is 90.6 cm³/mol. The third-order valence-corrected chi connectivity index (χ3v) is 4.72. The first kappa shape index (κ1) is 13.3. The van der Waals surface area contributed by atoms with Gasteiger partial charge < -0.3 is 4.74 Å². The van der Waals surface area contributed by atoms with Crippen LogP contribution in [0, 0.1) is 0 Å². The summed E-state index contributed by atoms with van der Waals surface area (Å²) in [4.78, 5) is 2.24. The van der Waals surface area contributed by atoms with E-state index in [-0.39, 0.29) is 0 Å². The molecule has 0 radical (unpaired) electrons. The normalized spacial score (nSPS) is 10.7. The van der Waals surface area contributed by atoms with E-state index in [9.17, 15) is 0 Å². The first-order chi connectivity index (χ1) is 9.79. The van der Waals surface area contributed by atoms with E-state index in [1.807, 2.05) is 13.0 Å².